The minimum absolute atomic E-state index is 0.112. The van der Waals surface area contributed by atoms with Gasteiger partial charge in [0.25, 0.3) is 0 Å². The number of halogens is 3. The number of nitrogens with one attached hydrogen (secondary N) is 3. The third-order valence-electron chi connectivity index (χ3n) is 2.35. The molecule has 106 valence electrons. The highest BCUT2D eigenvalue weighted by molar-refractivity contribution is 5.86. The van der Waals surface area contributed by atoms with Crippen LogP contribution in [0.1, 0.15) is 12.6 Å². The van der Waals surface area contributed by atoms with Gasteiger partial charge in [0.05, 0.1) is 18.6 Å². The van der Waals surface area contributed by atoms with Crippen molar-refractivity contribution in [3.8, 4) is 0 Å². The first-order valence-electron chi connectivity index (χ1n) is 5.00. The van der Waals surface area contributed by atoms with Crippen molar-refractivity contribution in [3.05, 3.63) is 18.2 Å². The highest BCUT2D eigenvalue weighted by Crippen LogP contribution is 2.30. The molecule has 4 N–H and O–H groups in total. The first-order chi connectivity index (χ1) is 8.67. The van der Waals surface area contributed by atoms with Crippen molar-refractivity contribution in [3.63, 3.8) is 0 Å². The second-order valence-electron chi connectivity index (χ2n) is 3.81. The molecule has 19 heavy (non-hydrogen) atoms. The molecule has 1 unspecified atom stereocenters. The fourth-order valence-corrected chi connectivity index (χ4v) is 1.07. The molecule has 0 radical (unpaired) electrons. The predicted octanol–water partition coefficient (Wildman–Crippen LogP) is 0.614. The monoisotopic (exact) mass is 280 g/mol. The van der Waals surface area contributed by atoms with E-state index in [1.807, 2.05) is 0 Å². The third-order valence-corrected chi connectivity index (χ3v) is 2.35. The van der Waals surface area contributed by atoms with Crippen molar-refractivity contribution in [1.29, 1.82) is 0 Å². The standard InChI is InChI=1S/C9H11F3N4O3/c1-8(6(17)18,9(10,11)12)16-7(19)14-3-5-2-13-4-15-5/h2,4H,3H2,1H3,(H,13,15)(H,17,18)(H2,14,16,19). The van der Waals surface area contributed by atoms with E-state index < -0.39 is 23.7 Å². The van der Waals surface area contributed by atoms with Gasteiger partial charge >= 0.3 is 18.2 Å². The Balaban J connectivity index is 2.65. The van der Waals surface area contributed by atoms with Gasteiger partial charge in [0.15, 0.2) is 0 Å². The zero-order valence-corrected chi connectivity index (χ0v) is 9.71. The van der Waals surface area contributed by atoms with Crippen LogP contribution in [-0.2, 0) is 11.3 Å². The molecule has 0 aliphatic rings. The minimum Gasteiger partial charge on any atom is -0.479 e. The number of aromatic amines is 1. The van der Waals surface area contributed by atoms with Crippen molar-refractivity contribution in [2.24, 2.45) is 0 Å². The number of hydrogen-bond donors (Lipinski definition) is 4. The lowest BCUT2D eigenvalue weighted by molar-refractivity contribution is -0.203. The maximum absolute atomic E-state index is 12.6. The number of urea groups is 1. The summed E-state index contributed by atoms with van der Waals surface area (Å²) in [6, 6.07) is -1.25. The van der Waals surface area contributed by atoms with Crippen LogP contribution in [0, 0.1) is 0 Å². The van der Waals surface area contributed by atoms with E-state index in [1.165, 1.54) is 17.8 Å². The molecule has 1 heterocycles. The summed E-state index contributed by atoms with van der Waals surface area (Å²) in [5.41, 5.74) is -2.90. The molecule has 1 atom stereocenters. The lowest BCUT2D eigenvalue weighted by Gasteiger charge is -2.28. The van der Waals surface area contributed by atoms with E-state index in [1.54, 1.807) is 0 Å². The smallest absolute Gasteiger partial charge is 0.422 e. The van der Waals surface area contributed by atoms with E-state index in [9.17, 15) is 22.8 Å². The number of carbonyl (C=O) groups excluding carboxylic acids is 1. The van der Waals surface area contributed by atoms with Crippen LogP contribution in [0.2, 0.25) is 0 Å². The Hall–Kier alpha value is -2.26. The molecule has 0 saturated carbocycles. The molecule has 0 saturated heterocycles. The number of rotatable bonds is 4. The predicted molar refractivity (Wildman–Crippen MR) is 56.1 cm³/mol. The highest BCUT2D eigenvalue weighted by atomic mass is 19.4. The van der Waals surface area contributed by atoms with Gasteiger partial charge in [-0.05, 0) is 6.92 Å². The Labute approximate surface area is 105 Å². The Morgan fingerprint density at radius 2 is 2.11 bits per heavy atom. The van der Waals surface area contributed by atoms with Gasteiger partial charge in [-0.3, -0.25) is 0 Å². The van der Waals surface area contributed by atoms with Crippen LogP contribution < -0.4 is 10.6 Å². The molecule has 0 fully saturated rings. The number of H-pyrrole nitrogens is 1. The van der Waals surface area contributed by atoms with Crippen LogP contribution in [0.5, 0.6) is 0 Å². The van der Waals surface area contributed by atoms with E-state index in [-0.39, 0.29) is 6.54 Å². The van der Waals surface area contributed by atoms with Crippen molar-refractivity contribution in [1.82, 2.24) is 20.6 Å². The molecule has 7 nitrogen and oxygen atoms in total. The highest BCUT2D eigenvalue weighted by Gasteiger charge is 2.58. The molecule has 0 bridgehead atoms. The van der Waals surface area contributed by atoms with E-state index in [0.29, 0.717) is 12.6 Å². The summed E-state index contributed by atoms with van der Waals surface area (Å²) in [6.45, 7) is 0.254. The van der Waals surface area contributed by atoms with E-state index >= 15 is 0 Å². The summed E-state index contributed by atoms with van der Waals surface area (Å²) < 4.78 is 37.8. The van der Waals surface area contributed by atoms with Crippen molar-refractivity contribution >= 4 is 12.0 Å². The molecule has 0 spiro atoms. The first kappa shape index (κ1) is 14.8. The summed E-state index contributed by atoms with van der Waals surface area (Å²) in [6.07, 6.45) is -2.43. The van der Waals surface area contributed by atoms with E-state index in [2.05, 4.69) is 15.3 Å². The van der Waals surface area contributed by atoms with Gasteiger partial charge in [-0.2, -0.15) is 13.2 Å². The second-order valence-corrected chi connectivity index (χ2v) is 3.81. The molecule has 1 aromatic rings. The van der Waals surface area contributed by atoms with Gasteiger partial charge in [0, 0.05) is 6.20 Å². The average molecular weight is 280 g/mol. The van der Waals surface area contributed by atoms with Crippen LogP contribution in [0.3, 0.4) is 0 Å². The normalized spacial score (nSPS) is 14.5. The summed E-state index contributed by atoms with van der Waals surface area (Å²) in [7, 11) is 0. The van der Waals surface area contributed by atoms with Crippen LogP contribution in [0.15, 0.2) is 12.5 Å². The fraction of sp³-hybridized carbons (Fsp3) is 0.444. The van der Waals surface area contributed by atoms with Gasteiger partial charge in [-0.15, -0.1) is 0 Å². The van der Waals surface area contributed by atoms with E-state index in [0.717, 1.165) is 0 Å². The quantitative estimate of drug-likeness (QED) is 0.648. The maximum Gasteiger partial charge on any atom is 0.422 e. The summed E-state index contributed by atoms with van der Waals surface area (Å²) in [5, 5.41) is 12.1. The lowest BCUT2D eigenvalue weighted by atomic mass is 10.0. The Morgan fingerprint density at radius 3 is 2.53 bits per heavy atom. The molecule has 0 aliphatic heterocycles. The van der Waals surface area contributed by atoms with Gasteiger partial charge in [0.2, 0.25) is 5.54 Å². The van der Waals surface area contributed by atoms with Gasteiger partial charge in [-0.1, -0.05) is 0 Å². The SMILES string of the molecule is CC(NC(=O)NCc1cnc[nH]1)(C(=O)O)C(F)(F)F. The molecule has 0 aliphatic carbocycles. The van der Waals surface area contributed by atoms with Crippen LogP contribution >= 0.6 is 0 Å². The third kappa shape index (κ3) is 3.36. The Morgan fingerprint density at radius 1 is 1.47 bits per heavy atom. The van der Waals surface area contributed by atoms with Crippen LogP contribution in [0.4, 0.5) is 18.0 Å². The lowest BCUT2D eigenvalue weighted by Crippen LogP contribution is -2.63. The molecule has 10 heteroatoms. The topological polar surface area (TPSA) is 107 Å². The van der Waals surface area contributed by atoms with Crippen molar-refractivity contribution < 1.29 is 27.9 Å². The maximum atomic E-state index is 12.6. The number of aromatic nitrogens is 2. The molecule has 2 amide bonds. The summed E-state index contributed by atoms with van der Waals surface area (Å²) in [4.78, 5) is 28.2. The van der Waals surface area contributed by atoms with Crippen LogP contribution in [0.25, 0.3) is 0 Å². The number of carboxylic acid groups (broad SMARTS) is 1. The first-order valence-corrected chi connectivity index (χ1v) is 5.00. The number of carbonyl (C=O) groups is 2. The Bertz CT molecular complexity index is 460. The number of alkyl halides is 3. The number of carboxylic acids is 1. The molecular weight excluding hydrogens is 269 g/mol. The molecule has 1 rings (SSSR count). The summed E-state index contributed by atoms with van der Waals surface area (Å²) in [5.74, 6) is -2.20. The van der Waals surface area contributed by atoms with E-state index in [4.69, 9.17) is 5.11 Å². The van der Waals surface area contributed by atoms with Gasteiger partial charge in [0.1, 0.15) is 0 Å². The minimum atomic E-state index is -5.12. The molecule has 1 aromatic heterocycles. The number of amides is 2. The Kier molecular flexibility index (Phi) is 4.02. The van der Waals surface area contributed by atoms with Gasteiger partial charge < -0.3 is 20.7 Å². The molecular formula is C9H11F3N4O3. The fourth-order valence-electron chi connectivity index (χ4n) is 1.07. The van der Waals surface area contributed by atoms with Gasteiger partial charge in [-0.25, -0.2) is 14.6 Å². The number of aliphatic carboxylic acids is 1. The number of imidazole rings is 1. The number of hydrogen-bond acceptors (Lipinski definition) is 3. The number of nitrogens with zero attached hydrogens (tertiary/aromatic N) is 1. The van der Waals surface area contributed by atoms with Crippen molar-refractivity contribution in [2.75, 3.05) is 0 Å². The molecule has 0 aromatic carbocycles. The van der Waals surface area contributed by atoms with Crippen LogP contribution in [-0.4, -0.2) is 38.8 Å². The average Bonchev–Trinajstić information content (AvgIpc) is 2.77. The largest absolute Gasteiger partial charge is 0.479 e. The second kappa shape index (κ2) is 5.16. The summed E-state index contributed by atoms with van der Waals surface area (Å²) >= 11 is 0. The zero-order valence-electron chi connectivity index (χ0n) is 9.71. The zero-order chi connectivity index (χ0) is 14.7. The van der Waals surface area contributed by atoms with Crippen molar-refractivity contribution in [2.45, 2.75) is 25.2 Å².